The van der Waals surface area contributed by atoms with Crippen LogP contribution in [0.1, 0.15) is 35.7 Å². The highest BCUT2D eigenvalue weighted by Crippen LogP contribution is 2.41. The summed E-state index contributed by atoms with van der Waals surface area (Å²) in [4.78, 5) is 13.1. The molecule has 0 amide bonds. The van der Waals surface area contributed by atoms with E-state index in [0.717, 1.165) is 12.0 Å². The van der Waals surface area contributed by atoms with E-state index < -0.39 is 0 Å². The fraction of sp³-hybridized carbons (Fsp3) is 0.318. The lowest BCUT2D eigenvalue weighted by Crippen LogP contribution is -2.16. The van der Waals surface area contributed by atoms with Crippen molar-refractivity contribution in [3.63, 3.8) is 0 Å². The Morgan fingerprint density at radius 3 is 2.54 bits per heavy atom. The lowest BCUT2D eigenvalue weighted by Gasteiger charge is -2.21. The Balaban J connectivity index is 1.98. The molecule has 0 bridgehead atoms. The first-order chi connectivity index (χ1) is 13.6. The minimum absolute atomic E-state index is 0.0648. The molecular formula is C22H25NO5. The number of carbonyl (C=O) groups is 1. The van der Waals surface area contributed by atoms with Crippen molar-refractivity contribution in [2.45, 2.75) is 19.8 Å². The largest absolute Gasteiger partial charge is 0.495 e. The second-order valence-corrected chi connectivity index (χ2v) is 6.45. The zero-order valence-electron chi connectivity index (χ0n) is 16.4. The maximum atomic E-state index is 13.1. The molecule has 6 nitrogen and oxygen atoms in total. The van der Waals surface area contributed by atoms with Gasteiger partial charge >= 0.3 is 0 Å². The van der Waals surface area contributed by atoms with Gasteiger partial charge in [0.1, 0.15) is 19.0 Å². The van der Waals surface area contributed by atoms with Gasteiger partial charge in [0.2, 0.25) is 5.75 Å². The van der Waals surface area contributed by atoms with Crippen LogP contribution in [0.5, 0.6) is 23.0 Å². The Morgan fingerprint density at radius 2 is 1.86 bits per heavy atom. The zero-order valence-corrected chi connectivity index (χ0v) is 16.4. The van der Waals surface area contributed by atoms with E-state index in [1.165, 1.54) is 0 Å². The standard InChI is InChI=1S/C22H25NO5/c1-4-5-15(21(24)16-6-7-18(25-2)17(23)13-16)10-14-11-19(26-3)22-20(12-14)27-8-9-28-22/h6-7,10-13H,4-5,8-9,23H2,1-3H3/b15-10+. The van der Waals surface area contributed by atoms with E-state index in [9.17, 15) is 4.79 Å². The van der Waals surface area contributed by atoms with E-state index in [1.54, 1.807) is 32.4 Å². The van der Waals surface area contributed by atoms with E-state index in [2.05, 4.69) is 0 Å². The van der Waals surface area contributed by atoms with Crippen molar-refractivity contribution in [3.05, 3.63) is 47.0 Å². The fourth-order valence-electron chi connectivity index (χ4n) is 3.16. The smallest absolute Gasteiger partial charge is 0.203 e. The van der Waals surface area contributed by atoms with Crippen molar-refractivity contribution in [2.75, 3.05) is 33.2 Å². The number of nitrogens with two attached hydrogens (primary N) is 1. The highest BCUT2D eigenvalue weighted by molar-refractivity contribution is 6.11. The molecule has 28 heavy (non-hydrogen) atoms. The summed E-state index contributed by atoms with van der Waals surface area (Å²) >= 11 is 0. The number of ether oxygens (including phenoxy) is 4. The summed E-state index contributed by atoms with van der Waals surface area (Å²) in [5, 5.41) is 0. The molecule has 6 heteroatoms. The number of anilines is 1. The van der Waals surface area contributed by atoms with E-state index in [4.69, 9.17) is 24.7 Å². The molecular weight excluding hydrogens is 358 g/mol. The number of hydrogen-bond acceptors (Lipinski definition) is 6. The van der Waals surface area contributed by atoms with Gasteiger partial charge in [0, 0.05) is 11.1 Å². The molecule has 0 aliphatic carbocycles. The van der Waals surface area contributed by atoms with Gasteiger partial charge in [-0.05, 0) is 48.4 Å². The molecule has 2 N–H and O–H groups in total. The Bertz CT molecular complexity index is 887. The predicted molar refractivity (Wildman–Crippen MR) is 109 cm³/mol. The van der Waals surface area contributed by atoms with Crippen LogP contribution in [-0.2, 0) is 0 Å². The van der Waals surface area contributed by atoms with Gasteiger partial charge in [-0.2, -0.15) is 0 Å². The first-order valence-electron chi connectivity index (χ1n) is 9.23. The van der Waals surface area contributed by atoms with Crippen LogP contribution >= 0.6 is 0 Å². The molecule has 0 radical (unpaired) electrons. The van der Waals surface area contributed by atoms with Crippen molar-refractivity contribution in [1.29, 1.82) is 0 Å². The number of rotatable bonds is 7. The summed E-state index contributed by atoms with van der Waals surface area (Å²) in [6, 6.07) is 8.79. The summed E-state index contributed by atoms with van der Waals surface area (Å²) in [6.07, 6.45) is 3.35. The molecule has 1 aliphatic heterocycles. The van der Waals surface area contributed by atoms with Crippen molar-refractivity contribution < 1.29 is 23.7 Å². The van der Waals surface area contributed by atoms with Gasteiger partial charge in [0.05, 0.1) is 19.9 Å². The monoisotopic (exact) mass is 383 g/mol. The number of hydrogen-bond donors (Lipinski definition) is 1. The molecule has 1 heterocycles. The van der Waals surface area contributed by atoms with Crippen LogP contribution in [0.2, 0.25) is 0 Å². The lowest BCUT2D eigenvalue weighted by molar-refractivity contribution is 0.103. The van der Waals surface area contributed by atoms with Crippen LogP contribution in [0, 0.1) is 0 Å². The van der Waals surface area contributed by atoms with Crippen LogP contribution < -0.4 is 24.7 Å². The van der Waals surface area contributed by atoms with Gasteiger partial charge in [-0.3, -0.25) is 4.79 Å². The average molecular weight is 383 g/mol. The van der Waals surface area contributed by atoms with Crippen molar-refractivity contribution >= 4 is 17.5 Å². The third-order valence-corrected chi connectivity index (χ3v) is 4.49. The molecule has 3 rings (SSSR count). The molecule has 0 saturated heterocycles. The molecule has 2 aromatic rings. The topological polar surface area (TPSA) is 80.0 Å². The maximum absolute atomic E-state index is 13.1. The SMILES string of the molecule is CCC/C(=C\c1cc(OC)c2c(c1)OCCO2)C(=O)c1ccc(OC)c(N)c1. The summed E-state index contributed by atoms with van der Waals surface area (Å²) < 4.78 is 21.9. The molecule has 0 aromatic heterocycles. The third kappa shape index (κ3) is 4.06. The first-order valence-corrected chi connectivity index (χ1v) is 9.23. The summed E-state index contributed by atoms with van der Waals surface area (Å²) in [6.45, 7) is 3.00. The maximum Gasteiger partial charge on any atom is 0.203 e. The number of carbonyl (C=O) groups excluding carboxylic acids is 1. The Kier molecular flexibility index (Phi) is 6.09. The third-order valence-electron chi connectivity index (χ3n) is 4.49. The molecule has 1 aliphatic rings. The molecule has 0 saturated carbocycles. The van der Waals surface area contributed by atoms with Gasteiger partial charge in [-0.15, -0.1) is 0 Å². The minimum Gasteiger partial charge on any atom is -0.495 e. The number of ketones is 1. The highest BCUT2D eigenvalue weighted by Gasteiger charge is 2.19. The van der Waals surface area contributed by atoms with Gasteiger partial charge < -0.3 is 24.7 Å². The van der Waals surface area contributed by atoms with Gasteiger partial charge in [-0.25, -0.2) is 0 Å². The number of fused-ring (bicyclic) bond motifs is 1. The second kappa shape index (κ2) is 8.69. The Labute approximate surface area is 164 Å². The fourth-order valence-corrected chi connectivity index (χ4v) is 3.16. The first kappa shape index (κ1) is 19.6. The van der Waals surface area contributed by atoms with E-state index in [0.29, 0.717) is 59.5 Å². The molecule has 0 atom stereocenters. The van der Waals surface area contributed by atoms with Crippen LogP contribution in [0.15, 0.2) is 35.9 Å². The van der Waals surface area contributed by atoms with Crippen molar-refractivity contribution in [3.8, 4) is 23.0 Å². The van der Waals surface area contributed by atoms with Crippen molar-refractivity contribution in [1.82, 2.24) is 0 Å². The molecule has 0 spiro atoms. The Morgan fingerprint density at radius 1 is 1.11 bits per heavy atom. The number of Topliss-reactive ketones (excluding diaryl/α,β-unsaturated/α-hetero) is 1. The van der Waals surface area contributed by atoms with E-state index >= 15 is 0 Å². The van der Waals surface area contributed by atoms with Gasteiger partial charge in [0.15, 0.2) is 17.3 Å². The quantitative estimate of drug-likeness (QED) is 0.440. The zero-order chi connectivity index (χ0) is 20.1. The van der Waals surface area contributed by atoms with Crippen LogP contribution in [0.3, 0.4) is 0 Å². The number of nitrogen functional groups attached to an aromatic ring is 1. The Hall–Kier alpha value is -3.15. The normalized spacial score (nSPS) is 13.2. The number of allylic oxidation sites excluding steroid dienone is 1. The number of benzene rings is 2. The second-order valence-electron chi connectivity index (χ2n) is 6.45. The lowest BCUT2D eigenvalue weighted by atomic mass is 9.96. The highest BCUT2D eigenvalue weighted by atomic mass is 16.6. The molecule has 0 unspecified atom stereocenters. The minimum atomic E-state index is -0.0648. The van der Waals surface area contributed by atoms with Gasteiger partial charge in [-0.1, -0.05) is 13.3 Å². The van der Waals surface area contributed by atoms with Gasteiger partial charge in [0.25, 0.3) is 0 Å². The molecule has 0 fully saturated rings. The summed E-state index contributed by atoms with van der Waals surface area (Å²) in [5.41, 5.74) is 8.44. The molecule has 148 valence electrons. The van der Waals surface area contributed by atoms with Crippen LogP contribution in [0.4, 0.5) is 5.69 Å². The molecule has 2 aromatic carbocycles. The predicted octanol–water partition coefficient (Wildman–Crippen LogP) is 4.12. The van der Waals surface area contributed by atoms with Crippen molar-refractivity contribution in [2.24, 2.45) is 0 Å². The summed E-state index contributed by atoms with van der Waals surface area (Å²) in [7, 11) is 3.13. The summed E-state index contributed by atoms with van der Waals surface area (Å²) in [5.74, 6) is 2.28. The van der Waals surface area contributed by atoms with E-state index in [-0.39, 0.29) is 5.78 Å². The average Bonchev–Trinajstić information content (AvgIpc) is 2.72. The number of methoxy groups -OCH3 is 2. The van der Waals surface area contributed by atoms with Crippen LogP contribution in [-0.4, -0.2) is 33.2 Å². The van der Waals surface area contributed by atoms with Crippen LogP contribution in [0.25, 0.3) is 6.08 Å². The van der Waals surface area contributed by atoms with E-state index in [1.807, 2.05) is 25.1 Å².